The molecule has 12 heteroatoms. The Bertz CT molecular complexity index is 1710. The molecule has 3 heterocycles. The molecule has 1 amide bonds. The first-order valence-electron chi connectivity index (χ1n) is 13.5. The van der Waals surface area contributed by atoms with E-state index in [4.69, 9.17) is 15.2 Å². The summed E-state index contributed by atoms with van der Waals surface area (Å²) in [6.45, 7) is 6.78. The van der Waals surface area contributed by atoms with Gasteiger partial charge in [0.05, 0.1) is 24.9 Å². The molecule has 0 bridgehead atoms. The molecule has 216 valence electrons. The lowest BCUT2D eigenvalue weighted by Crippen LogP contribution is -2.54. The molecule has 0 saturated carbocycles. The quantitative estimate of drug-likeness (QED) is 0.193. The lowest BCUT2D eigenvalue weighted by molar-refractivity contribution is -0.117. The molecule has 1 aliphatic rings. The van der Waals surface area contributed by atoms with Crippen LogP contribution >= 0.6 is 0 Å². The van der Waals surface area contributed by atoms with Gasteiger partial charge >= 0.3 is 5.69 Å². The van der Waals surface area contributed by atoms with Gasteiger partial charge in [0.2, 0.25) is 0 Å². The van der Waals surface area contributed by atoms with E-state index in [1.807, 2.05) is 50.2 Å². The number of nitrogens with two attached hydrogens (primary N) is 1. The Kier molecular flexibility index (Phi) is 8.06. The Balaban J connectivity index is 1.38. The maximum Gasteiger partial charge on any atom is 0.335 e. The van der Waals surface area contributed by atoms with E-state index in [0.29, 0.717) is 41.6 Å². The SMILES string of the molecule is C[C@@H](Cn1c(=O)n(-c2ccc(Oc3ccccc3)cc2)c2c(N)ncnc21)NC(=O)C(C#N)=CC(C)(C)NC1COC1. The maximum atomic E-state index is 13.7. The number of fused-ring (bicyclic) bond motifs is 1. The van der Waals surface area contributed by atoms with E-state index in [1.54, 1.807) is 37.3 Å². The van der Waals surface area contributed by atoms with Crippen LogP contribution in [0.2, 0.25) is 0 Å². The molecule has 4 N–H and O–H groups in total. The number of ether oxygens (including phenoxy) is 2. The summed E-state index contributed by atoms with van der Waals surface area (Å²) in [5, 5.41) is 15.9. The van der Waals surface area contributed by atoms with Gasteiger partial charge in [0, 0.05) is 18.1 Å². The standard InChI is InChI=1S/C30H32N8O4/c1-19(35-28(39)20(14-31)13-30(2,3)36-21-16-41-17-21)15-37-27-25(26(32)33-18-34-27)38(29(37)40)22-9-11-24(12-10-22)42-23-7-5-4-6-8-23/h4-13,18-19,21,36H,15-17H2,1-3H3,(H,35,39)(H2,32,33,34)/t19-/m0/s1. The predicted molar refractivity (Wildman–Crippen MR) is 157 cm³/mol. The molecule has 2 aromatic heterocycles. The van der Waals surface area contributed by atoms with E-state index in [0.717, 1.165) is 0 Å². The van der Waals surface area contributed by atoms with Crippen molar-refractivity contribution in [3.05, 3.63) is 83.1 Å². The maximum absolute atomic E-state index is 13.7. The van der Waals surface area contributed by atoms with Gasteiger partial charge in [-0.3, -0.25) is 13.9 Å². The van der Waals surface area contributed by atoms with E-state index >= 15 is 0 Å². The Hall–Kier alpha value is -4.99. The van der Waals surface area contributed by atoms with Crippen molar-refractivity contribution in [3.8, 4) is 23.3 Å². The molecule has 1 atom stereocenters. The summed E-state index contributed by atoms with van der Waals surface area (Å²) in [5.74, 6) is 0.890. The zero-order chi connectivity index (χ0) is 29.9. The summed E-state index contributed by atoms with van der Waals surface area (Å²) in [6.07, 6.45) is 2.89. The van der Waals surface area contributed by atoms with Crippen molar-refractivity contribution in [1.29, 1.82) is 5.26 Å². The van der Waals surface area contributed by atoms with Crippen molar-refractivity contribution in [3.63, 3.8) is 0 Å². The Morgan fingerprint density at radius 2 is 1.88 bits per heavy atom. The number of hydrogen-bond acceptors (Lipinski definition) is 9. The molecule has 42 heavy (non-hydrogen) atoms. The number of rotatable bonds is 10. The first-order valence-corrected chi connectivity index (χ1v) is 13.5. The number of carbonyl (C=O) groups is 1. The zero-order valence-electron chi connectivity index (χ0n) is 23.6. The molecule has 1 aliphatic heterocycles. The molecule has 1 fully saturated rings. The first kappa shape index (κ1) is 28.5. The van der Waals surface area contributed by atoms with E-state index in [9.17, 15) is 14.9 Å². The van der Waals surface area contributed by atoms with Crippen molar-refractivity contribution < 1.29 is 14.3 Å². The number of anilines is 1. The van der Waals surface area contributed by atoms with Gasteiger partial charge in [-0.05, 0) is 63.2 Å². The van der Waals surface area contributed by atoms with Crippen LogP contribution in [0.25, 0.3) is 16.9 Å². The van der Waals surface area contributed by atoms with Gasteiger partial charge in [-0.2, -0.15) is 5.26 Å². The van der Waals surface area contributed by atoms with Gasteiger partial charge in [-0.15, -0.1) is 0 Å². The van der Waals surface area contributed by atoms with Crippen molar-refractivity contribution in [2.75, 3.05) is 18.9 Å². The fraction of sp³-hybridized carbons (Fsp3) is 0.300. The number of amides is 1. The number of para-hydroxylation sites is 1. The minimum Gasteiger partial charge on any atom is -0.457 e. The number of nitrogen functional groups attached to an aromatic ring is 1. The summed E-state index contributed by atoms with van der Waals surface area (Å²) in [4.78, 5) is 35.2. The summed E-state index contributed by atoms with van der Waals surface area (Å²) in [7, 11) is 0. The van der Waals surface area contributed by atoms with Crippen LogP contribution in [0.5, 0.6) is 11.5 Å². The highest BCUT2D eigenvalue weighted by Gasteiger charge is 2.27. The van der Waals surface area contributed by atoms with Crippen LogP contribution < -0.4 is 26.8 Å². The molecule has 2 aromatic carbocycles. The number of nitrogens with zero attached hydrogens (tertiary/aromatic N) is 5. The Morgan fingerprint density at radius 3 is 2.52 bits per heavy atom. The second-order valence-electron chi connectivity index (χ2n) is 10.7. The highest BCUT2D eigenvalue weighted by molar-refractivity contribution is 5.97. The van der Waals surface area contributed by atoms with E-state index in [-0.39, 0.29) is 24.0 Å². The molecule has 0 radical (unpaired) electrons. The van der Waals surface area contributed by atoms with Gasteiger partial charge in [-0.25, -0.2) is 14.8 Å². The first-order chi connectivity index (χ1) is 20.1. The molecule has 4 aromatic rings. The zero-order valence-corrected chi connectivity index (χ0v) is 23.6. The molecule has 1 saturated heterocycles. The molecule has 5 rings (SSSR count). The van der Waals surface area contributed by atoms with Crippen LogP contribution in [0, 0.1) is 11.3 Å². The van der Waals surface area contributed by atoms with Crippen LogP contribution in [0.1, 0.15) is 20.8 Å². The third kappa shape index (κ3) is 6.17. The van der Waals surface area contributed by atoms with Crippen LogP contribution in [0.15, 0.2) is 77.4 Å². The number of imidazole rings is 1. The lowest BCUT2D eigenvalue weighted by Gasteiger charge is -2.34. The second-order valence-corrected chi connectivity index (χ2v) is 10.7. The highest BCUT2D eigenvalue weighted by atomic mass is 16.5. The molecule has 0 aliphatic carbocycles. The number of hydrogen-bond donors (Lipinski definition) is 3. The van der Waals surface area contributed by atoms with E-state index < -0.39 is 23.2 Å². The summed E-state index contributed by atoms with van der Waals surface area (Å²) < 4.78 is 13.9. The van der Waals surface area contributed by atoms with E-state index in [1.165, 1.54) is 15.5 Å². The largest absolute Gasteiger partial charge is 0.457 e. The molecular formula is C30H32N8O4. The van der Waals surface area contributed by atoms with Gasteiger partial charge in [-0.1, -0.05) is 18.2 Å². The lowest BCUT2D eigenvalue weighted by atomic mass is 9.99. The van der Waals surface area contributed by atoms with Gasteiger partial charge in [0.1, 0.15) is 35.0 Å². The fourth-order valence-corrected chi connectivity index (χ4v) is 4.81. The average Bonchev–Trinajstić information content (AvgIpc) is 3.22. The second kappa shape index (κ2) is 11.9. The fourth-order valence-electron chi connectivity index (χ4n) is 4.81. The number of benzene rings is 2. The van der Waals surface area contributed by atoms with Crippen LogP contribution in [-0.4, -0.2) is 55.8 Å². The Labute approximate surface area is 242 Å². The topological polar surface area (TPSA) is 162 Å². The molecular weight excluding hydrogens is 536 g/mol. The Morgan fingerprint density at radius 1 is 1.19 bits per heavy atom. The van der Waals surface area contributed by atoms with Crippen molar-refractivity contribution in [2.24, 2.45) is 0 Å². The molecule has 0 unspecified atom stereocenters. The number of nitrogens with one attached hydrogen (secondary N) is 2. The third-order valence-electron chi connectivity index (χ3n) is 6.72. The normalized spacial score (nSPS) is 14.7. The number of carbonyl (C=O) groups excluding carboxylic acids is 1. The van der Waals surface area contributed by atoms with Gasteiger partial charge < -0.3 is 25.8 Å². The summed E-state index contributed by atoms with van der Waals surface area (Å²) >= 11 is 0. The van der Waals surface area contributed by atoms with Crippen molar-refractivity contribution in [1.82, 2.24) is 29.7 Å². The van der Waals surface area contributed by atoms with Crippen molar-refractivity contribution >= 4 is 22.9 Å². The molecule has 0 spiro atoms. The summed E-state index contributed by atoms with van der Waals surface area (Å²) in [6, 6.07) is 18.0. The highest BCUT2D eigenvalue weighted by Crippen LogP contribution is 2.25. The van der Waals surface area contributed by atoms with Gasteiger partial charge in [0.25, 0.3) is 5.91 Å². The number of nitriles is 1. The van der Waals surface area contributed by atoms with Gasteiger partial charge in [0.15, 0.2) is 11.5 Å². The average molecular weight is 569 g/mol. The minimum absolute atomic E-state index is 0.0289. The van der Waals surface area contributed by atoms with Crippen molar-refractivity contribution in [2.45, 2.75) is 44.9 Å². The smallest absolute Gasteiger partial charge is 0.335 e. The molecule has 12 nitrogen and oxygen atoms in total. The van der Waals surface area contributed by atoms with E-state index in [2.05, 4.69) is 20.6 Å². The van der Waals surface area contributed by atoms with Crippen LogP contribution in [-0.2, 0) is 16.1 Å². The van der Waals surface area contributed by atoms with Crippen LogP contribution in [0.4, 0.5) is 5.82 Å². The summed E-state index contributed by atoms with van der Waals surface area (Å²) in [5.41, 5.74) is 6.40. The predicted octanol–water partition coefficient (Wildman–Crippen LogP) is 2.68. The third-order valence-corrected chi connectivity index (χ3v) is 6.72. The monoisotopic (exact) mass is 568 g/mol. The number of aromatic nitrogens is 4. The van der Waals surface area contributed by atoms with Crippen LogP contribution in [0.3, 0.4) is 0 Å². The minimum atomic E-state index is -0.597.